The predicted molar refractivity (Wildman–Crippen MR) is 109 cm³/mol. The standard InChI is InChI=1S/C18H21IN2O4S/c1-13-4-5-14(9-17(13)19)20-18(22)11-21(10-16-3-2-7-25-16)15-6-8-26(23,24)12-15/h2-5,7,9,15H,6,8,10-12H2,1H3,(H,20,22)/t15-/m1/s1. The van der Waals surface area contributed by atoms with E-state index in [1.54, 1.807) is 12.3 Å². The number of amides is 1. The SMILES string of the molecule is Cc1ccc(NC(=O)CN(Cc2ccco2)[C@@H]2CCS(=O)(=O)C2)cc1I. The molecule has 1 saturated heterocycles. The molecule has 0 aliphatic carbocycles. The molecule has 6 nitrogen and oxygen atoms in total. The largest absolute Gasteiger partial charge is 0.468 e. The Balaban J connectivity index is 1.69. The van der Waals surface area contributed by atoms with Gasteiger partial charge in [-0.05, 0) is 65.8 Å². The van der Waals surface area contributed by atoms with E-state index in [9.17, 15) is 13.2 Å². The molecule has 0 spiro atoms. The maximum atomic E-state index is 12.5. The lowest BCUT2D eigenvalue weighted by Gasteiger charge is -2.26. The molecule has 1 aromatic heterocycles. The van der Waals surface area contributed by atoms with E-state index in [2.05, 4.69) is 27.9 Å². The van der Waals surface area contributed by atoms with Gasteiger partial charge in [0.25, 0.3) is 0 Å². The van der Waals surface area contributed by atoms with Gasteiger partial charge in [-0.3, -0.25) is 9.69 Å². The Labute approximate surface area is 167 Å². The Morgan fingerprint density at radius 2 is 2.19 bits per heavy atom. The molecule has 1 aromatic carbocycles. The molecule has 0 unspecified atom stereocenters. The van der Waals surface area contributed by atoms with E-state index in [0.717, 1.165) is 14.8 Å². The maximum Gasteiger partial charge on any atom is 0.238 e. The molecule has 2 heterocycles. The lowest BCUT2D eigenvalue weighted by molar-refractivity contribution is -0.118. The monoisotopic (exact) mass is 488 g/mol. The highest BCUT2D eigenvalue weighted by Gasteiger charge is 2.33. The summed E-state index contributed by atoms with van der Waals surface area (Å²) in [5.41, 5.74) is 1.89. The molecule has 2 aromatic rings. The fourth-order valence-corrected chi connectivity index (χ4v) is 5.31. The molecule has 1 aliphatic heterocycles. The number of benzene rings is 1. The Kier molecular flexibility index (Phi) is 6.03. The minimum Gasteiger partial charge on any atom is -0.468 e. The molecule has 1 atom stereocenters. The van der Waals surface area contributed by atoms with Crippen LogP contribution in [0, 0.1) is 10.5 Å². The number of carbonyl (C=O) groups is 1. The summed E-state index contributed by atoms with van der Waals surface area (Å²) in [5.74, 6) is 0.806. The molecule has 3 rings (SSSR count). The molecule has 26 heavy (non-hydrogen) atoms. The molecule has 8 heteroatoms. The van der Waals surface area contributed by atoms with Gasteiger partial charge in [-0.25, -0.2) is 8.42 Å². The first kappa shape index (κ1) is 19.4. The van der Waals surface area contributed by atoms with Crippen LogP contribution in [0.5, 0.6) is 0 Å². The second-order valence-corrected chi connectivity index (χ2v) is 9.94. The summed E-state index contributed by atoms with van der Waals surface area (Å²) in [6.07, 6.45) is 2.12. The number of carbonyl (C=O) groups excluding carboxylic acids is 1. The number of rotatable bonds is 6. The Morgan fingerprint density at radius 1 is 1.38 bits per heavy atom. The van der Waals surface area contributed by atoms with E-state index < -0.39 is 9.84 Å². The average Bonchev–Trinajstić information content (AvgIpc) is 3.19. The van der Waals surface area contributed by atoms with Gasteiger partial charge in [0.05, 0.1) is 30.9 Å². The zero-order valence-electron chi connectivity index (χ0n) is 14.4. The van der Waals surface area contributed by atoms with Crippen molar-refractivity contribution in [1.82, 2.24) is 4.90 Å². The summed E-state index contributed by atoms with van der Waals surface area (Å²) in [7, 11) is -3.03. The predicted octanol–water partition coefficient (Wildman–Crippen LogP) is 2.82. The zero-order valence-corrected chi connectivity index (χ0v) is 17.4. The van der Waals surface area contributed by atoms with Gasteiger partial charge in [-0.1, -0.05) is 6.07 Å². The van der Waals surface area contributed by atoms with Crippen LogP contribution in [-0.2, 0) is 21.2 Å². The minimum absolute atomic E-state index is 0.0867. The molecule has 0 radical (unpaired) electrons. The zero-order chi connectivity index (χ0) is 18.7. The first-order valence-electron chi connectivity index (χ1n) is 8.35. The molecule has 140 valence electrons. The third-order valence-electron chi connectivity index (χ3n) is 4.47. The van der Waals surface area contributed by atoms with E-state index in [1.807, 2.05) is 36.1 Å². The molecular formula is C18H21IN2O4S. The number of nitrogens with zero attached hydrogens (tertiary/aromatic N) is 1. The molecule has 1 amide bonds. The number of halogens is 1. The number of hydrogen-bond acceptors (Lipinski definition) is 5. The lowest BCUT2D eigenvalue weighted by atomic mass is 10.2. The summed E-state index contributed by atoms with van der Waals surface area (Å²) >= 11 is 2.23. The van der Waals surface area contributed by atoms with Crippen LogP contribution >= 0.6 is 22.6 Å². The first-order valence-corrected chi connectivity index (χ1v) is 11.3. The summed E-state index contributed by atoms with van der Waals surface area (Å²) in [6, 6.07) is 9.19. The van der Waals surface area contributed by atoms with Crippen molar-refractivity contribution in [3.05, 3.63) is 51.5 Å². The number of furan rings is 1. The van der Waals surface area contributed by atoms with Crippen LogP contribution in [-0.4, -0.2) is 43.3 Å². The fourth-order valence-electron chi connectivity index (χ4n) is 3.04. The van der Waals surface area contributed by atoms with Crippen molar-refractivity contribution in [3.63, 3.8) is 0 Å². The number of anilines is 1. The van der Waals surface area contributed by atoms with E-state index in [-0.39, 0.29) is 30.0 Å². The molecular weight excluding hydrogens is 467 g/mol. The van der Waals surface area contributed by atoms with Crippen LogP contribution in [0.3, 0.4) is 0 Å². The Morgan fingerprint density at radius 3 is 2.81 bits per heavy atom. The van der Waals surface area contributed by atoms with Gasteiger partial charge >= 0.3 is 0 Å². The van der Waals surface area contributed by atoms with Crippen molar-refractivity contribution < 1.29 is 17.6 Å². The highest BCUT2D eigenvalue weighted by Crippen LogP contribution is 2.21. The highest BCUT2D eigenvalue weighted by atomic mass is 127. The summed E-state index contributed by atoms with van der Waals surface area (Å²) in [4.78, 5) is 14.4. The van der Waals surface area contributed by atoms with Crippen LogP contribution in [0.1, 0.15) is 17.7 Å². The molecule has 0 bridgehead atoms. The topological polar surface area (TPSA) is 79.6 Å². The van der Waals surface area contributed by atoms with Crippen LogP contribution in [0.4, 0.5) is 5.69 Å². The van der Waals surface area contributed by atoms with Crippen molar-refractivity contribution in [1.29, 1.82) is 0 Å². The number of nitrogens with one attached hydrogen (secondary N) is 1. The van der Waals surface area contributed by atoms with Gasteiger partial charge in [0.15, 0.2) is 9.84 Å². The second kappa shape index (κ2) is 8.10. The molecule has 1 N–H and O–H groups in total. The van der Waals surface area contributed by atoms with E-state index in [4.69, 9.17) is 4.42 Å². The minimum atomic E-state index is -3.03. The molecule has 1 aliphatic rings. The Bertz CT molecular complexity index is 881. The normalized spacial score (nSPS) is 19.0. The summed E-state index contributed by atoms with van der Waals surface area (Å²) < 4.78 is 30.1. The van der Waals surface area contributed by atoms with Gasteiger partial charge in [0.2, 0.25) is 5.91 Å². The Hall–Kier alpha value is -1.39. The number of aryl methyl sites for hydroxylation is 1. The van der Waals surface area contributed by atoms with Crippen molar-refractivity contribution in [2.24, 2.45) is 0 Å². The lowest BCUT2D eigenvalue weighted by Crippen LogP contribution is -2.41. The maximum absolute atomic E-state index is 12.5. The average molecular weight is 488 g/mol. The second-order valence-electron chi connectivity index (χ2n) is 6.55. The quantitative estimate of drug-likeness (QED) is 0.633. The molecule has 0 saturated carbocycles. The van der Waals surface area contributed by atoms with E-state index in [1.165, 1.54) is 0 Å². The van der Waals surface area contributed by atoms with Crippen LogP contribution in [0.15, 0.2) is 41.0 Å². The van der Waals surface area contributed by atoms with Gasteiger partial charge < -0.3 is 9.73 Å². The smallest absolute Gasteiger partial charge is 0.238 e. The van der Waals surface area contributed by atoms with Crippen molar-refractivity contribution in [2.75, 3.05) is 23.4 Å². The fraction of sp³-hybridized carbons (Fsp3) is 0.389. The third kappa shape index (κ3) is 5.08. The van der Waals surface area contributed by atoms with Crippen LogP contribution < -0.4 is 5.32 Å². The van der Waals surface area contributed by atoms with Crippen molar-refractivity contribution in [2.45, 2.75) is 25.9 Å². The summed E-state index contributed by atoms with van der Waals surface area (Å²) in [6.45, 7) is 2.54. The third-order valence-corrected chi connectivity index (χ3v) is 7.38. The van der Waals surface area contributed by atoms with Gasteiger partial charge in [0.1, 0.15) is 5.76 Å². The van der Waals surface area contributed by atoms with Gasteiger partial charge in [-0.2, -0.15) is 0 Å². The number of sulfone groups is 1. The highest BCUT2D eigenvalue weighted by molar-refractivity contribution is 14.1. The van der Waals surface area contributed by atoms with Crippen LogP contribution in [0.2, 0.25) is 0 Å². The van der Waals surface area contributed by atoms with E-state index in [0.29, 0.717) is 18.7 Å². The molecule has 1 fully saturated rings. The summed E-state index contributed by atoms with van der Waals surface area (Å²) in [5, 5.41) is 2.90. The van der Waals surface area contributed by atoms with Crippen molar-refractivity contribution in [3.8, 4) is 0 Å². The van der Waals surface area contributed by atoms with Gasteiger partial charge in [-0.15, -0.1) is 0 Å². The number of hydrogen-bond donors (Lipinski definition) is 1. The first-order chi connectivity index (χ1) is 12.3. The van der Waals surface area contributed by atoms with Crippen LogP contribution in [0.25, 0.3) is 0 Å². The van der Waals surface area contributed by atoms with Gasteiger partial charge in [0, 0.05) is 15.3 Å². The van der Waals surface area contributed by atoms with Crippen molar-refractivity contribution >= 4 is 44.0 Å². The van der Waals surface area contributed by atoms with E-state index >= 15 is 0 Å².